The number of hydrogen-bond acceptors (Lipinski definition) is 8. The van der Waals surface area contributed by atoms with Crippen LogP contribution >= 0.6 is 11.5 Å². The highest BCUT2D eigenvalue weighted by molar-refractivity contribution is 7.11. The first-order chi connectivity index (χ1) is 9.10. The molecule has 1 aromatic heterocycles. The Morgan fingerprint density at radius 1 is 1.47 bits per heavy atom. The quantitative estimate of drug-likeness (QED) is 0.673. The number of nitrogen functional groups attached to an aromatic ring is 1. The smallest absolute Gasteiger partial charge is 0.344 e. The van der Waals surface area contributed by atoms with Crippen LogP contribution < -0.4 is 11.1 Å². The van der Waals surface area contributed by atoms with E-state index in [1.54, 1.807) is 7.11 Å². The van der Waals surface area contributed by atoms with Gasteiger partial charge < -0.3 is 25.4 Å². The average Bonchev–Trinajstić information content (AvgIpc) is 2.77. The van der Waals surface area contributed by atoms with Gasteiger partial charge in [0, 0.05) is 26.7 Å². The third kappa shape index (κ3) is 4.66. The Hall–Kier alpha value is -1.38. The molecule has 0 aliphatic carbocycles. The van der Waals surface area contributed by atoms with Crippen LogP contribution in [-0.2, 0) is 9.47 Å². The van der Waals surface area contributed by atoms with E-state index in [-0.39, 0.29) is 5.82 Å². The Morgan fingerprint density at radius 3 is 2.84 bits per heavy atom. The largest absolute Gasteiger partial charge is 0.465 e. The lowest BCUT2D eigenvalue weighted by atomic mass is 10.3. The first-order valence-corrected chi connectivity index (χ1v) is 6.62. The Bertz CT molecular complexity index is 411. The number of esters is 1. The number of anilines is 2. The highest BCUT2D eigenvalue weighted by Crippen LogP contribution is 2.27. The number of carbonyl (C=O) groups excluding carboxylic acids is 1. The topological polar surface area (TPSA) is 89.7 Å². The van der Waals surface area contributed by atoms with Gasteiger partial charge in [0.25, 0.3) is 0 Å². The molecule has 1 aromatic rings. The molecule has 0 aromatic carbocycles. The van der Waals surface area contributed by atoms with Crippen LogP contribution in [0, 0.1) is 0 Å². The van der Waals surface area contributed by atoms with Gasteiger partial charge in [-0.3, -0.25) is 0 Å². The van der Waals surface area contributed by atoms with Crippen molar-refractivity contribution in [2.75, 3.05) is 58.6 Å². The van der Waals surface area contributed by atoms with Crippen molar-refractivity contribution in [2.24, 2.45) is 0 Å². The lowest BCUT2D eigenvalue weighted by molar-refractivity contribution is 0.0603. The first-order valence-electron chi connectivity index (χ1n) is 5.85. The van der Waals surface area contributed by atoms with Gasteiger partial charge in [-0.1, -0.05) is 0 Å². The molecule has 0 atom stereocenters. The van der Waals surface area contributed by atoms with Crippen LogP contribution in [0.25, 0.3) is 0 Å². The molecule has 0 spiro atoms. The zero-order valence-electron chi connectivity index (χ0n) is 11.4. The second kappa shape index (κ2) is 7.93. The molecule has 0 aliphatic heterocycles. The van der Waals surface area contributed by atoms with E-state index in [4.69, 9.17) is 10.5 Å². The third-order valence-corrected chi connectivity index (χ3v) is 3.38. The fraction of sp³-hybridized carbons (Fsp3) is 0.636. The molecule has 0 aliphatic rings. The average molecular weight is 288 g/mol. The summed E-state index contributed by atoms with van der Waals surface area (Å²) in [6.45, 7) is 3.05. The van der Waals surface area contributed by atoms with Crippen molar-refractivity contribution in [3.05, 3.63) is 5.56 Å². The standard InChI is InChI=1S/C11H20N4O3S/c1-15(6-7-17-2)5-4-13-10-8(11(16)18-3)9(12)14-19-10/h13H,4-7H2,1-3H3,(H2,12,14). The van der Waals surface area contributed by atoms with Crippen LogP contribution in [0.1, 0.15) is 10.4 Å². The van der Waals surface area contributed by atoms with Gasteiger partial charge in [0.2, 0.25) is 0 Å². The van der Waals surface area contributed by atoms with Crippen molar-refractivity contribution in [1.82, 2.24) is 9.27 Å². The normalized spacial score (nSPS) is 10.7. The summed E-state index contributed by atoms with van der Waals surface area (Å²) in [4.78, 5) is 13.7. The molecule has 8 heteroatoms. The van der Waals surface area contributed by atoms with E-state index in [1.165, 1.54) is 7.11 Å². The number of likely N-dealkylation sites (N-methyl/N-ethyl adjacent to an activating group) is 1. The molecule has 0 amide bonds. The molecule has 0 unspecified atom stereocenters. The van der Waals surface area contributed by atoms with Crippen molar-refractivity contribution in [3.63, 3.8) is 0 Å². The minimum atomic E-state index is -0.471. The molecular formula is C11H20N4O3S. The minimum absolute atomic E-state index is 0.201. The van der Waals surface area contributed by atoms with Gasteiger partial charge in [-0.05, 0) is 18.6 Å². The van der Waals surface area contributed by atoms with E-state index in [2.05, 4.69) is 19.3 Å². The van der Waals surface area contributed by atoms with Crippen molar-refractivity contribution >= 4 is 28.3 Å². The fourth-order valence-electron chi connectivity index (χ4n) is 1.44. The van der Waals surface area contributed by atoms with Gasteiger partial charge in [-0.25, -0.2) is 4.79 Å². The summed E-state index contributed by atoms with van der Waals surface area (Å²) >= 11 is 1.16. The summed E-state index contributed by atoms with van der Waals surface area (Å²) < 4.78 is 13.6. The van der Waals surface area contributed by atoms with Gasteiger partial charge in [0.15, 0.2) is 5.82 Å². The Morgan fingerprint density at radius 2 is 2.21 bits per heavy atom. The maximum Gasteiger partial charge on any atom is 0.344 e. The van der Waals surface area contributed by atoms with Crippen LogP contribution in [0.3, 0.4) is 0 Å². The monoisotopic (exact) mass is 288 g/mol. The molecule has 108 valence electrons. The van der Waals surface area contributed by atoms with Crippen LogP contribution in [0.2, 0.25) is 0 Å². The number of hydrogen-bond donors (Lipinski definition) is 2. The number of rotatable bonds is 8. The number of ether oxygens (including phenoxy) is 2. The van der Waals surface area contributed by atoms with Gasteiger partial charge in [-0.2, -0.15) is 4.37 Å². The summed E-state index contributed by atoms with van der Waals surface area (Å²) in [6.07, 6.45) is 0. The molecule has 1 rings (SSSR count). The number of methoxy groups -OCH3 is 2. The van der Waals surface area contributed by atoms with Crippen molar-refractivity contribution < 1.29 is 14.3 Å². The number of nitrogens with two attached hydrogens (primary N) is 1. The summed E-state index contributed by atoms with van der Waals surface area (Å²) in [6, 6.07) is 0. The molecule has 1 heterocycles. The molecule has 19 heavy (non-hydrogen) atoms. The third-order valence-electron chi connectivity index (χ3n) is 2.56. The van der Waals surface area contributed by atoms with E-state index in [1.807, 2.05) is 7.05 Å². The van der Waals surface area contributed by atoms with Crippen molar-refractivity contribution in [2.45, 2.75) is 0 Å². The van der Waals surface area contributed by atoms with E-state index in [9.17, 15) is 4.79 Å². The zero-order valence-corrected chi connectivity index (χ0v) is 12.2. The second-order valence-electron chi connectivity index (χ2n) is 3.99. The predicted molar refractivity (Wildman–Crippen MR) is 75.7 cm³/mol. The highest BCUT2D eigenvalue weighted by Gasteiger charge is 2.19. The Balaban J connectivity index is 2.47. The lowest BCUT2D eigenvalue weighted by Gasteiger charge is -2.16. The molecule has 7 nitrogen and oxygen atoms in total. The number of nitrogens with zero attached hydrogens (tertiary/aromatic N) is 2. The number of aromatic nitrogens is 1. The zero-order chi connectivity index (χ0) is 14.3. The first kappa shape index (κ1) is 15.7. The fourth-order valence-corrected chi connectivity index (χ4v) is 2.17. The molecule has 0 saturated heterocycles. The van der Waals surface area contributed by atoms with Gasteiger partial charge in [0.1, 0.15) is 10.6 Å². The van der Waals surface area contributed by atoms with Crippen LogP contribution in [0.5, 0.6) is 0 Å². The van der Waals surface area contributed by atoms with Gasteiger partial charge in [-0.15, -0.1) is 0 Å². The van der Waals surface area contributed by atoms with E-state index in [0.29, 0.717) is 23.7 Å². The molecule has 0 fully saturated rings. The lowest BCUT2D eigenvalue weighted by Crippen LogP contribution is -2.28. The van der Waals surface area contributed by atoms with E-state index < -0.39 is 5.97 Å². The SMILES string of the molecule is COCCN(C)CCNc1snc(N)c1C(=O)OC. The highest BCUT2D eigenvalue weighted by atomic mass is 32.1. The van der Waals surface area contributed by atoms with Crippen LogP contribution in [0.4, 0.5) is 10.8 Å². The predicted octanol–water partition coefficient (Wildman–Crippen LogP) is 0.502. The summed E-state index contributed by atoms with van der Waals surface area (Å²) in [5.74, 6) is -0.270. The Kier molecular flexibility index (Phi) is 6.54. The van der Waals surface area contributed by atoms with Gasteiger partial charge >= 0.3 is 5.97 Å². The molecule has 0 bridgehead atoms. The summed E-state index contributed by atoms with van der Waals surface area (Å²) in [7, 11) is 5.00. The van der Waals surface area contributed by atoms with Crippen molar-refractivity contribution in [3.8, 4) is 0 Å². The molecular weight excluding hydrogens is 268 g/mol. The summed E-state index contributed by atoms with van der Waals surface area (Å²) in [5, 5.41) is 3.79. The van der Waals surface area contributed by atoms with Crippen LogP contribution in [-0.4, -0.2) is 62.8 Å². The minimum Gasteiger partial charge on any atom is -0.465 e. The van der Waals surface area contributed by atoms with Crippen LogP contribution in [0.15, 0.2) is 0 Å². The Labute approximate surface area is 116 Å². The van der Waals surface area contributed by atoms with Crippen molar-refractivity contribution in [1.29, 1.82) is 0 Å². The maximum absolute atomic E-state index is 11.6. The number of nitrogens with one attached hydrogen (secondary N) is 1. The molecule has 0 saturated carbocycles. The second-order valence-corrected chi connectivity index (χ2v) is 4.76. The number of carbonyl (C=O) groups is 1. The van der Waals surface area contributed by atoms with E-state index >= 15 is 0 Å². The van der Waals surface area contributed by atoms with Gasteiger partial charge in [0.05, 0.1) is 13.7 Å². The molecule has 0 radical (unpaired) electrons. The molecule has 3 N–H and O–H groups in total. The maximum atomic E-state index is 11.6. The van der Waals surface area contributed by atoms with E-state index in [0.717, 1.165) is 24.6 Å². The summed E-state index contributed by atoms with van der Waals surface area (Å²) in [5.41, 5.74) is 5.96.